The smallest absolute Gasteiger partial charge is 0.0701 e. The Morgan fingerprint density at radius 3 is 0.727 bits per heavy atom. The van der Waals surface area contributed by atoms with Gasteiger partial charge in [-0.2, -0.15) is 0 Å². The van der Waals surface area contributed by atoms with Crippen LogP contribution < -0.4 is 0 Å². The highest BCUT2D eigenvalue weighted by molar-refractivity contribution is 4.51. The molecule has 9 heteroatoms. The third kappa shape index (κ3) is 65.8. The number of hydrogen-bond acceptors (Lipinski definition) is 9. The highest BCUT2D eigenvalue weighted by Crippen LogP contribution is 2.14. The third-order valence-corrected chi connectivity index (χ3v) is 9.45. The minimum atomic E-state index is 0.0431. The molecule has 1 rings (SSSR count). The van der Waals surface area contributed by atoms with Gasteiger partial charge in [0.15, 0.2) is 0 Å². The summed E-state index contributed by atoms with van der Waals surface area (Å²) in [6.45, 7) is 13.8. The van der Waals surface area contributed by atoms with Crippen LogP contribution in [0.3, 0.4) is 0 Å². The van der Waals surface area contributed by atoms with Crippen molar-refractivity contribution in [2.24, 2.45) is 0 Å². The molecule has 1 aliphatic heterocycles. The first-order chi connectivity index (χ1) is 27.3. The molecule has 1 fully saturated rings. The van der Waals surface area contributed by atoms with Crippen molar-refractivity contribution in [1.29, 1.82) is 0 Å². The zero-order chi connectivity index (χ0) is 40.1. The molecule has 0 spiro atoms. The number of aliphatic hydroxyl groups excluding tert-OH is 2. The lowest BCUT2D eigenvalue weighted by molar-refractivity contribution is -0.0182. The van der Waals surface area contributed by atoms with E-state index >= 15 is 0 Å². The summed E-state index contributed by atoms with van der Waals surface area (Å²) >= 11 is 0. The summed E-state index contributed by atoms with van der Waals surface area (Å²) in [5, 5.41) is 17.2. The predicted octanol–water partition coefficient (Wildman–Crippen LogP) is 11.0. The van der Waals surface area contributed by atoms with Gasteiger partial charge in [0.05, 0.1) is 92.5 Å². The van der Waals surface area contributed by atoms with Gasteiger partial charge in [-0.25, -0.2) is 0 Å². The van der Waals surface area contributed by atoms with Gasteiger partial charge >= 0.3 is 0 Å². The van der Waals surface area contributed by atoms with Crippen molar-refractivity contribution >= 4 is 0 Å². The van der Waals surface area contributed by atoms with Crippen molar-refractivity contribution in [2.45, 2.75) is 194 Å². The van der Waals surface area contributed by atoms with Crippen LogP contribution in [-0.4, -0.2) is 116 Å². The molecule has 334 valence electrons. The van der Waals surface area contributed by atoms with E-state index in [-0.39, 0.29) is 6.61 Å². The summed E-state index contributed by atoms with van der Waals surface area (Å²) in [5.41, 5.74) is 0. The summed E-state index contributed by atoms with van der Waals surface area (Å²) in [6, 6.07) is 0. The second kappa shape index (κ2) is 58.0. The average molecular weight is 793 g/mol. The monoisotopic (exact) mass is 793 g/mol. The maximum Gasteiger partial charge on any atom is 0.0701 e. The van der Waals surface area contributed by atoms with Crippen LogP contribution in [0.25, 0.3) is 0 Å². The number of ether oxygens (including phenoxy) is 7. The highest BCUT2D eigenvalue weighted by Gasteiger charge is 1.97. The Labute approximate surface area is 342 Å². The summed E-state index contributed by atoms with van der Waals surface area (Å²) in [7, 11) is 0. The molecule has 9 nitrogen and oxygen atoms in total. The quantitative estimate of drug-likeness (QED) is 0.0460. The van der Waals surface area contributed by atoms with Crippen LogP contribution in [0.4, 0.5) is 0 Å². The number of unbranched alkanes of at least 4 members (excludes halogenated alkanes) is 26. The molecule has 1 aliphatic rings. The van der Waals surface area contributed by atoms with Crippen LogP contribution >= 0.6 is 0 Å². The minimum absolute atomic E-state index is 0.0431. The molecule has 0 radical (unpaired) electrons. The number of hydrogen-bond donors (Lipinski definition) is 2. The molecular weight excluding hydrogens is 696 g/mol. The summed E-state index contributed by atoms with van der Waals surface area (Å²) in [4.78, 5) is 0. The van der Waals surface area contributed by atoms with Crippen molar-refractivity contribution in [2.75, 3.05) is 106 Å². The molecular formula is C46H96O9. The zero-order valence-electron chi connectivity index (χ0n) is 36.9. The van der Waals surface area contributed by atoms with E-state index in [1.165, 1.54) is 167 Å². The Bertz CT molecular complexity index is 563. The lowest BCUT2D eigenvalue weighted by atomic mass is 10.0. The standard InChI is InChI=1S/C28H58O7.C16H34O.C2H4O/c1-2-3-4-5-6-7-8-9-10-11-12-13-14-15-17-30-19-21-32-23-25-34-27-28-35-26-24-33-22-20-31-18-16-29;1-2-3-4-5-6-7-8-9-10-11-12-13-14-15-16-17;1-2-3-1/h29H,2-28H2,1H3;17H,2-16H2,1H3;1-2H2. The molecule has 2 N–H and O–H groups in total. The van der Waals surface area contributed by atoms with Crippen molar-refractivity contribution in [1.82, 2.24) is 0 Å². The Kier molecular flexibility index (Phi) is 59.8. The van der Waals surface area contributed by atoms with Gasteiger partial charge in [-0.05, 0) is 12.8 Å². The largest absolute Gasteiger partial charge is 0.396 e. The molecule has 0 saturated carbocycles. The molecule has 0 amide bonds. The average Bonchev–Trinajstić information content (AvgIpc) is 4.09. The minimum Gasteiger partial charge on any atom is -0.396 e. The van der Waals surface area contributed by atoms with Gasteiger partial charge in [0.25, 0.3) is 0 Å². The molecule has 0 unspecified atom stereocenters. The fourth-order valence-electron chi connectivity index (χ4n) is 5.97. The van der Waals surface area contributed by atoms with Gasteiger partial charge in [0.2, 0.25) is 0 Å². The fraction of sp³-hybridized carbons (Fsp3) is 1.00. The molecule has 55 heavy (non-hydrogen) atoms. The van der Waals surface area contributed by atoms with Crippen LogP contribution in [0.5, 0.6) is 0 Å². The summed E-state index contributed by atoms with van der Waals surface area (Å²) in [6.07, 6.45) is 38.5. The van der Waals surface area contributed by atoms with E-state index in [4.69, 9.17) is 38.6 Å². The lowest BCUT2D eigenvalue weighted by Gasteiger charge is -2.08. The second-order valence-corrected chi connectivity index (χ2v) is 14.9. The fourth-order valence-corrected chi connectivity index (χ4v) is 5.97. The molecule has 0 aromatic rings. The molecule has 1 saturated heterocycles. The van der Waals surface area contributed by atoms with Crippen LogP contribution in [-0.2, 0) is 33.2 Å². The van der Waals surface area contributed by atoms with E-state index < -0.39 is 0 Å². The number of rotatable bonds is 46. The van der Waals surface area contributed by atoms with Gasteiger partial charge in [0, 0.05) is 13.2 Å². The van der Waals surface area contributed by atoms with Crippen molar-refractivity contribution in [3.05, 3.63) is 0 Å². The number of aliphatic hydroxyl groups is 2. The van der Waals surface area contributed by atoms with E-state index in [9.17, 15) is 0 Å². The summed E-state index contributed by atoms with van der Waals surface area (Å²) in [5.74, 6) is 0. The van der Waals surface area contributed by atoms with Gasteiger partial charge < -0.3 is 43.4 Å². The van der Waals surface area contributed by atoms with Crippen LogP contribution in [0.15, 0.2) is 0 Å². The Morgan fingerprint density at radius 2 is 0.491 bits per heavy atom. The maximum absolute atomic E-state index is 8.64. The van der Waals surface area contributed by atoms with Crippen LogP contribution in [0, 0.1) is 0 Å². The first-order valence-corrected chi connectivity index (χ1v) is 23.6. The molecule has 0 aromatic carbocycles. The third-order valence-electron chi connectivity index (χ3n) is 9.45. The Balaban J connectivity index is 0. The molecule has 0 aromatic heterocycles. The van der Waals surface area contributed by atoms with Crippen LogP contribution in [0.1, 0.15) is 194 Å². The van der Waals surface area contributed by atoms with Gasteiger partial charge in [-0.3, -0.25) is 0 Å². The van der Waals surface area contributed by atoms with Gasteiger partial charge in [-0.1, -0.05) is 181 Å². The Morgan fingerprint density at radius 1 is 0.273 bits per heavy atom. The topological polar surface area (TPSA) is 108 Å². The van der Waals surface area contributed by atoms with E-state index in [1.54, 1.807) is 0 Å². The van der Waals surface area contributed by atoms with Crippen LogP contribution in [0.2, 0.25) is 0 Å². The van der Waals surface area contributed by atoms with Crippen molar-refractivity contribution in [3.63, 3.8) is 0 Å². The first-order valence-electron chi connectivity index (χ1n) is 23.6. The van der Waals surface area contributed by atoms with Crippen molar-refractivity contribution < 1.29 is 43.4 Å². The van der Waals surface area contributed by atoms with E-state index in [2.05, 4.69) is 18.6 Å². The second-order valence-electron chi connectivity index (χ2n) is 14.9. The van der Waals surface area contributed by atoms with Crippen molar-refractivity contribution in [3.8, 4) is 0 Å². The zero-order valence-corrected chi connectivity index (χ0v) is 36.9. The van der Waals surface area contributed by atoms with Gasteiger partial charge in [0.1, 0.15) is 0 Å². The lowest BCUT2D eigenvalue weighted by Crippen LogP contribution is -2.14. The normalized spacial score (nSPS) is 12.0. The van der Waals surface area contributed by atoms with E-state index in [0.29, 0.717) is 79.3 Å². The van der Waals surface area contributed by atoms with E-state index in [1.807, 2.05) is 0 Å². The first kappa shape index (κ1) is 56.7. The SMILES string of the molecule is C1CO1.CCCCCCCCCCCCCCCCO.CCCCCCCCCCCCCCCCOCCOCCOCCOCCOCCOCCO. The maximum atomic E-state index is 8.64. The molecule has 0 aliphatic carbocycles. The molecule has 1 heterocycles. The number of epoxide rings is 1. The van der Waals surface area contributed by atoms with E-state index in [0.717, 1.165) is 32.7 Å². The van der Waals surface area contributed by atoms with Gasteiger partial charge in [-0.15, -0.1) is 0 Å². The molecule has 0 bridgehead atoms. The predicted molar refractivity (Wildman–Crippen MR) is 231 cm³/mol. The highest BCUT2D eigenvalue weighted by atomic mass is 16.6. The summed E-state index contributed by atoms with van der Waals surface area (Å²) < 4.78 is 37.0. The molecule has 0 atom stereocenters. The Hall–Kier alpha value is -0.360.